The van der Waals surface area contributed by atoms with Gasteiger partial charge in [-0.25, -0.2) is 8.42 Å². The molecule has 2 atom stereocenters. The first-order chi connectivity index (χ1) is 14.2. The molecule has 8 heteroatoms. The quantitative estimate of drug-likeness (QED) is 0.727. The van der Waals surface area contributed by atoms with Crippen molar-refractivity contribution in [2.45, 2.75) is 39.3 Å². The minimum atomic E-state index is -3.68. The van der Waals surface area contributed by atoms with Crippen molar-refractivity contribution in [1.82, 2.24) is 5.32 Å². The summed E-state index contributed by atoms with van der Waals surface area (Å²) in [5, 5.41) is 2.84. The molecule has 0 aliphatic carbocycles. The van der Waals surface area contributed by atoms with Crippen molar-refractivity contribution in [2.75, 3.05) is 23.7 Å². The number of nitrogens with one attached hydrogen (secondary N) is 1. The maximum atomic E-state index is 13.0. The first-order valence-electron chi connectivity index (χ1n) is 9.93. The summed E-state index contributed by atoms with van der Waals surface area (Å²) in [5.41, 5.74) is 2.23. The molecule has 1 aliphatic rings. The number of nitrogens with zero attached hydrogens (tertiary/aromatic N) is 1. The van der Waals surface area contributed by atoms with Crippen LogP contribution in [-0.4, -0.2) is 45.9 Å². The third-order valence-corrected chi connectivity index (χ3v) is 6.17. The SMILES string of the molecule is CC[C@@H](C(=O)NC[C@@H]1COc2ccccc2O1)N(c1cc(C)ccc1C)S(C)(=O)=O. The number of aryl methyl sites for hydroxylation is 2. The largest absolute Gasteiger partial charge is 0.486 e. The van der Waals surface area contributed by atoms with E-state index in [1.807, 2.05) is 50.2 Å². The van der Waals surface area contributed by atoms with Gasteiger partial charge in [0.1, 0.15) is 18.8 Å². The maximum absolute atomic E-state index is 13.0. The normalized spacial score (nSPS) is 16.6. The lowest BCUT2D eigenvalue weighted by molar-refractivity contribution is -0.122. The van der Waals surface area contributed by atoms with E-state index in [0.29, 0.717) is 30.2 Å². The topological polar surface area (TPSA) is 84.9 Å². The standard InChI is InChI=1S/C22H28N2O5S/c1-5-18(24(30(4,26)27)19-12-15(2)10-11-16(19)3)22(25)23-13-17-14-28-20-8-6-7-9-21(20)29-17/h6-12,17-18H,5,13-14H2,1-4H3,(H,23,25)/t17-,18+/m1/s1. The Morgan fingerprint density at radius 1 is 1.20 bits per heavy atom. The van der Waals surface area contributed by atoms with Gasteiger partial charge in [-0.3, -0.25) is 9.10 Å². The highest BCUT2D eigenvalue weighted by molar-refractivity contribution is 7.92. The van der Waals surface area contributed by atoms with E-state index in [0.717, 1.165) is 17.4 Å². The molecular weight excluding hydrogens is 404 g/mol. The minimum absolute atomic E-state index is 0.216. The number of hydrogen-bond donors (Lipinski definition) is 1. The van der Waals surface area contributed by atoms with Crippen molar-refractivity contribution >= 4 is 21.6 Å². The molecule has 0 bridgehead atoms. The Morgan fingerprint density at radius 3 is 2.57 bits per heavy atom. The fraction of sp³-hybridized carbons (Fsp3) is 0.409. The third kappa shape index (κ3) is 4.87. The van der Waals surface area contributed by atoms with Crippen LogP contribution in [0.3, 0.4) is 0 Å². The van der Waals surface area contributed by atoms with Crippen LogP contribution in [0.15, 0.2) is 42.5 Å². The van der Waals surface area contributed by atoms with Crippen molar-refractivity contribution in [3.63, 3.8) is 0 Å². The Morgan fingerprint density at radius 2 is 1.90 bits per heavy atom. The molecule has 2 aromatic carbocycles. The van der Waals surface area contributed by atoms with Crippen LogP contribution in [0, 0.1) is 13.8 Å². The molecule has 0 radical (unpaired) electrons. The number of rotatable bonds is 7. The fourth-order valence-electron chi connectivity index (χ4n) is 3.49. The predicted molar refractivity (Wildman–Crippen MR) is 117 cm³/mol. The van der Waals surface area contributed by atoms with Crippen LogP contribution in [-0.2, 0) is 14.8 Å². The van der Waals surface area contributed by atoms with Gasteiger partial charge in [0.05, 0.1) is 18.5 Å². The Balaban J connectivity index is 1.76. The lowest BCUT2D eigenvalue weighted by Gasteiger charge is -2.32. The zero-order chi connectivity index (χ0) is 21.9. The summed E-state index contributed by atoms with van der Waals surface area (Å²) in [6, 6.07) is 12.1. The molecule has 7 nitrogen and oxygen atoms in total. The van der Waals surface area contributed by atoms with Crippen molar-refractivity contribution in [1.29, 1.82) is 0 Å². The zero-order valence-electron chi connectivity index (χ0n) is 17.7. The van der Waals surface area contributed by atoms with E-state index < -0.39 is 16.1 Å². The van der Waals surface area contributed by atoms with E-state index in [1.54, 1.807) is 13.0 Å². The van der Waals surface area contributed by atoms with Crippen LogP contribution in [0.2, 0.25) is 0 Å². The van der Waals surface area contributed by atoms with Crippen LogP contribution in [0.4, 0.5) is 5.69 Å². The Labute approximate surface area is 178 Å². The monoisotopic (exact) mass is 432 g/mol. The molecule has 2 aromatic rings. The number of carbonyl (C=O) groups excluding carboxylic acids is 1. The summed E-state index contributed by atoms with van der Waals surface area (Å²) >= 11 is 0. The molecule has 1 heterocycles. The van der Waals surface area contributed by atoms with Crippen molar-refractivity contribution in [3.05, 3.63) is 53.6 Å². The van der Waals surface area contributed by atoms with Gasteiger partial charge in [-0.05, 0) is 49.6 Å². The Hall–Kier alpha value is -2.74. The molecule has 0 fully saturated rings. The fourth-order valence-corrected chi connectivity index (χ4v) is 4.75. The molecular formula is C22H28N2O5S. The van der Waals surface area contributed by atoms with E-state index >= 15 is 0 Å². The molecule has 1 N–H and O–H groups in total. The molecule has 162 valence electrons. The van der Waals surface area contributed by atoms with Gasteiger partial charge in [0.15, 0.2) is 11.5 Å². The number of para-hydroxylation sites is 2. The average Bonchev–Trinajstić information content (AvgIpc) is 2.71. The highest BCUT2D eigenvalue weighted by atomic mass is 32.2. The second kappa shape index (κ2) is 8.95. The third-order valence-electron chi connectivity index (χ3n) is 5.00. The average molecular weight is 433 g/mol. The summed E-state index contributed by atoms with van der Waals surface area (Å²) in [7, 11) is -3.68. The van der Waals surface area contributed by atoms with Gasteiger partial charge in [0, 0.05) is 0 Å². The molecule has 0 saturated heterocycles. The Kier molecular flexibility index (Phi) is 6.55. The smallest absolute Gasteiger partial charge is 0.244 e. The van der Waals surface area contributed by atoms with Crippen molar-refractivity contribution in [3.8, 4) is 11.5 Å². The van der Waals surface area contributed by atoms with E-state index in [9.17, 15) is 13.2 Å². The van der Waals surface area contributed by atoms with Gasteiger partial charge in [-0.15, -0.1) is 0 Å². The van der Waals surface area contributed by atoms with Crippen LogP contribution in [0.5, 0.6) is 11.5 Å². The molecule has 1 aliphatic heterocycles. The number of benzene rings is 2. The van der Waals surface area contributed by atoms with Crippen LogP contribution in [0.25, 0.3) is 0 Å². The van der Waals surface area contributed by atoms with Gasteiger partial charge in [0.2, 0.25) is 15.9 Å². The molecule has 3 rings (SSSR count). The molecule has 0 aromatic heterocycles. The van der Waals surface area contributed by atoms with E-state index in [2.05, 4.69) is 5.32 Å². The Bertz CT molecular complexity index is 1020. The van der Waals surface area contributed by atoms with Crippen LogP contribution >= 0.6 is 0 Å². The first-order valence-corrected chi connectivity index (χ1v) is 11.8. The van der Waals surface area contributed by atoms with E-state index in [4.69, 9.17) is 9.47 Å². The highest BCUT2D eigenvalue weighted by Gasteiger charge is 2.33. The molecule has 0 spiro atoms. The molecule has 1 amide bonds. The number of hydrogen-bond acceptors (Lipinski definition) is 5. The second-order valence-corrected chi connectivity index (χ2v) is 9.37. The van der Waals surface area contributed by atoms with Crippen molar-refractivity contribution in [2.24, 2.45) is 0 Å². The van der Waals surface area contributed by atoms with E-state index in [-0.39, 0.29) is 18.6 Å². The van der Waals surface area contributed by atoms with Gasteiger partial charge < -0.3 is 14.8 Å². The summed E-state index contributed by atoms with van der Waals surface area (Å²) < 4.78 is 38.1. The summed E-state index contributed by atoms with van der Waals surface area (Å²) in [5.74, 6) is 0.930. The zero-order valence-corrected chi connectivity index (χ0v) is 18.5. The second-order valence-electron chi connectivity index (χ2n) is 7.52. The van der Waals surface area contributed by atoms with Crippen molar-refractivity contribution < 1.29 is 22.7 Å². The number of sulfonamides is 1. The van der Waals surface area contributed by atoms with E-state index in [1.165, 1.54) is 4.31 Å². The van der Waals surface area contributed by atoms with Gasteiger partial charge in [-0.1, -0.05) is 31.2 Å². The predicted octanol–water partition coefficient (Wildman–Crippen LogP) is 2.80. The van der Waals surface area contributed by atoms with Crippen LogP contribution in [0.1, 0.15) is 24.5 Å². The summed E-state index contributed by atoms with van der Waals surface area (Å²) in [4.78, 5) is 13.0. The minimum Gasteiger partial charge on any atom is -0.486 e. The van der Waals surface area contributed by atoms with Crippen LogP contribution < -0.4 is 19.1 Å². The first kappa shape index (κ1) is 22.0. The highest BCUT2D eigenvalue weighted by Crippen LogP contribution is 2.31. The number of anilines is 1. The lowest BCUT2D eigenvalue weighted by atomic mass is 10.1. The summed E-state index contributed by atoms with van der Waals surface area (Å²) in [6.07, 6.45) is 1.10. The molecule has 30 heavy (non-hydrogen) atoms. The number of ether oxygens (including phenoxy) is 2. The number of amides is 1. The summed E-state index contributed by atoms with van der Waals surface area (Å²) in [6.45, 7) is 6.05. The molecule has 0 unspecified atom stereocenters. The number of fused-ring (bicyclic) bond motifs is 1. The van der Waals surface area contributed by atoms with Gasteiger partial charge in [-0.2, -0.15) is 0 Å². The molecule has 0 saturated carbocycles. The van der Waals surface area contributed by atoms with Gasteiger partial charge in [0.25, 0.3) is 0 Å². The van der Waals surface area contributed by atoms with Gasteiger partial charge >= 0.3 is 0 Å². The number of carbonyl (C=O) groups is 1. The lowest BCUT2D eigenvalue weighted by Crippen LogP contribution is -2.51. The maximum Gasteiger partial charge on any atom is 0.244 e.